The second kappa shape index (κ2) is 5.60. The maximum atomic E-state index is 5.43. The van der Waals surface area contributed by atoms with Crippen LogP contribution in [-0.4, -0.2) is 19.8 Å². The van der Waals surface area contributed by atoms with Crippen molar-refractivity contribution in [2.75, 3.05) is 0 Å². The molecule has 0 aliphatic carbocycles. The molecule has 4 nitrogen and oxygen atoms in total. The van der Waals surface area contributed by atoms with Gasteiger partial charge in [0.15, 0.2) is 0 Å². The Balaban J connectivity index is 4.21. The van der Waals surface area contributed by atoms with Crippen LogP contribution in [-0.2, 0) is 18.9 Å². The van der Waals surface area contributed by atoms with Crippen LogP contribution in [0.5, 0.6) is 0 Å². The first kappa shape index (κ1) is 16.1. The van der Waals surface area contributed by atoms with Crippen LogP contribution < -0.4 is 0 Å². The van der Waals surface area contributed by atoms with E-state index < -0.39 is 8.56 Å². The third-order valence-corrected chi connectivity index (χ3v) is 3.73. The number of hydrogen-bond acceptors (Lipinski definition) is 4. The lowest BCUT2D eigenvalue weighted by molar-refractivity contribution is -0.348. The highest BCUT2D eigenvalue weighted by Crippen LogP contribution is 2.21. The maximum absolute atomic E-state index is 5.43. The van der Waals surface area contributed by atoms with Crippen LogP contribution in [0.2, 0.25) is 12.6 Å². The molecule has 0 radical (unpaired) electrons. The average molecular weight is 250 g/mol. The molecule has 0 atom stereocenters. The molecule has 0 saturated carbocycles. The van der Waals surface area contributed by atoms with E-state index in [0.29, 0.717) is 0 Å². The minimum atomic E-state index is -2.39. The lowest BCUT2D eigenvalue weighted by Gasteiger charge is -2.30. The van der Waals surface area contributed by atoms with E-state index in [9.17, 15) is 0 Å². The molecule has 0 amide bonds. The van der Waals surface area contributed by atoms with Crippen molar-refractivity contribution in [1.29, 1.82) is 0 Å². The van der Waals surface area contributed by atoms with Gasteiger partial charge in [0.1, 0.15) is 0 Å². The molecular formula is C11H26O4Si. The Hall–Kier alpha value is 0.0569. The zero-order valence-electron chi connectivity index (χ0n) is 11.8. The molecule has 0 aliphatic heterocycles. The van der Waals surface area contributed by atoms with Crippen molar-refractivity contribution in [2.24, 2.45) is 0 Å². The zero-order valence-corrected chi connectivity index (χ0v) is 12.8. The first-order chi connectivity index (χ1) is 6.97. The van der Waals surface area contributed by atoms with Crippen molar-refractivity contribution >= 4 is 8.56 Å². The summed E-state index contributed by atoms with van der Waals surface area (Å²) in [7, 11) is -2.39. The van der Waals surface area contributed by atoms with Gasteiger partial charge in [-0.2, -0.15) is 0 Å². The molecule has 98 valence electrons. The van der Waals surface area contributed by atoms with Crippen molar-refractivity contribution < 1.29 is 18.9 Å². The molecule has 5 heteroatoms. The van der Waals surface area contributed by atoms with Gasteiger partial charge in [-0.25, -0.2) is 18.9 Å². The quantitative estimate of drug-likeness (QED) is 0.424. The summed E-state index contributed by atoms with van der Waals surface area (Å²) in [5.41, 5.74) is -0.678. The van der Waals surface area contributed by atoms with Crippen molar-refractivity contribution in [2.45, 2.75) is 72.3 Å². The predicted octanol–water partition coefficient (Wildman–Crippen LogP) is 3.57. The number of hydrogen-bond donors (Lipinski definition) is 0. The Morgan fingerprint density at radius 3 is 1.31 bits per heavy atom. The Kier molecular flexibility index (Phi) is 5.62. The minimum Gasteiger partial charge on any atom is -0.248 e. The second-order valence-corrected chi connectivity index (χ2v) is 9.35. The number of rotatable bonds is 5. The molecule has 0 spiro atoms. The SMILES string of the molecule is CC[Si](C)(OOC(C)(C)C)OOC(C)(C)C. The third-order valence-electron chi connectivity index (χ3n) is 1.58. The van der Waals surface area contributed by atoms with Gasteiger partial charge in [0.2, 0.25) is 0 Å². The molecule has 16 heavy (non-hydrogen) atoms. The fourth-order valence-electron chi connectivity index (χ4n) is 0.558. The van der Waals surface area contributed by atoms with Gasteiger partial charge in [0.25, 0.3) is 0 Å². The van der Waals surface area contributed by atoms with E-state index in [0.717, 1.165) is 6.04 Å². The molecule has 0 fully saturated rings. The van der Waals surface area contributed by atoms with Crippen LogP contribution >= 0.6 is 0 Å². The van der Waals surface area contributed by atoms with E-state index in [2.05, 4.69) is 0 Å². The lowest BCUT2D eigenvalue weighted by atomic mass is 10.2. The highest BCUT2D eigenvalue weighted by atomic mass is 28.4. The van der Waals surface area contributed by atoms with E-state index >= 15 is 0 Å². The normalized spacial score (nSPS) is 14.2. The van der Waals surface area contributed by atoms with Gasteiger partial charge < -0.3 is 0 Å². The Morgan fingerprint density at radius 1 is 0.812 bits per heavy atom. The van der Waals surface area contributed by atoms with E-state index in [4.69, 9.17) is 18.9 Å². The zero-order chi connectivity index (χ0) is 13.0. The molecule has 0 aromatic heterocycles. The topological polar surface area (TPSA) is 36.9 Å². The Morgan fingerprint density at radius 2 is 1.12 bits per heavy atom. The van der Waals surface area contributed by atoms with Crippen LogP contribution in [0.25, 0.3) is 0 Å². The Bertz CT molecular complexity index is 187. The molecule has 0 rings (SSSR count). The monoisotopic (exact) mass is 250 g/mol. The fraction of sp³-hybridized carbons (Fsp3) is 1.00. The van der Waals surface area contributed by atoms with Crippen molar-refractivity contribution in [3.05, 3.63) is 0 Å². The van der Waals surface area contributed by atoms with Crippen molar-refractivity contribution in [3.8, 4) is 0 Å². The van der Waals surface area contributed by atoms with E-state index in [1.54, 1.807) is 0 Å². The molecular weight excluding hydrogens is 224 g/mol. The summed E-state index contributed by atoms with van der Waals surface area (Å²) in [6.45, 7) is 15.5. The van der Waals surface area contributed by atoms with Crippen LogP contribution in [0, 0.1) is 0 Å². The highest BCUT2D eigenvalue weighted by molar-refractivity contribution is 6.65. The molecule has 0 N–H and O–H groups in total. The van der Waals surface area contributed by atoms with Crippen molar-refractivity contribution in [1.82, 2.24) is 0 Å². The van der Waals surface area contributed by atoms with Gasteiger partial charge in [0, 0.05) is 0 Å². The summed E-state index contributed by atoms with van der Waals surface area (Å²) in [5, 5.41) is 0. The highest BCUT2D eigenvalue weighted by Gasteiger charge is 2.36. The smallest absolute Gasteiger partial charge is 0.248 e. The van der Waals surface area contributed by atoms with Crippen LogP contribution in [0.4, 0.5) is 0 Å². The minimum absolute atomic E-state index is 0.339. The van der Waals surface area contributed by atoms with Gasteiger partial charge in [-0.05, 0) is 54.1 Å². The molecule has 0 heterocycles. The van der Waals surface area contributed by atoms with Crippen LogP contribution in [0.3, 0.4) is 0 Å². The predicted molar refractivity (Wildman–Crippen MR) is 65.9 cm³/mol. The van der Waals surface area contributed by atoms with E-state index in [1.807, 2.05) is 55.0 Å². The molecule has 0 bridgehead atoms. The molecule has 0 aromatic rings. The molecule has 0 unspecified atom stereocenters. The van der Waals surface area contributed by atoms with E-state index in [1.165, 1.54) is 0 Å². The van der Waals surface area contributed by atoms with E-state index in [-0.39, 0.29) is 11.2 Å². The summed E-state index contributed by atoms with van der Waals surface area (Å²) < 4.78 is 10.9. The molecule has 0 aromatic carbocycles. The summed E-state index contributed by atoms with van der Waals surface area (Å²) >= 11 is 0. The summed E-state index contributed by atoms with van der Waals surface area (Å²) in [6, 6.07) is 0.763. The summed E-state index contributed by atoms with van der Waals surface area (Å²) in [5.74, 6) is 0. The van der Waals surface area contributed by atoms with Crippen LogP contribution in [0.1, 0.15) is 48.5 Å². The lowest BCUT2D eigenvalue weighted by Crippen LogP contribution is -2.42. The van der Waals surface area contributed by atoms with Crippen molar-refractivity contribution in [3.63, 3.8) is 0 Å². The maximum Gasteiger partial charge on any atom is 0.406 e. The second-order valence-electron chi connectivity index (χ2n) is 6.05. The van der Waals surface area contributed by atoms with Gasteiger partial charge >= 0.3 is 8.56 Å². The fourth-order valence-corrected chi connectivity index (χ4v) is 1.67. The van der Waals surface area contributed by atoms with Gasteiger partial charge in [0.05, 0.1) is 11.2 Å². The largest absolute Gasteiger partial charge is 0.406 e. The van der Waals surface area contributed by atoms with Crippen LogP contribution in [0.15, 0.2) is 0 Å². The summed E-state index contributed by atoms with van der Waals surface area (Å²) in [4.78, 5) is 10.6. The van der Waals surface area contributed by atoms with Gasteiger partial charge in [-0.3, -0.25) is 0 Å². The van der Waals surface area contributed by atoms with Gasteiger partial charge in [-0.15, -0.1) is 0 Å². The first-order valence-corrected chi connectivity index (χ1v) is 8.23. The van der Waals surface area contributed by atoms with Gasteiger partial charge in [-0.1, -0.05) is 6.92 Å². The standard InChI is InChI=1S/C11H26O4Si/c1-9-16(8,14-12-10(2,3)4)15-13-11(5,6)7/h9H2,1-8H3. The Labute approximate surface area is 100 Å². The average Bonchev–Trinajstić information content (AvgIpc) is 2.09. The summed E-state index contributed by atoms with van der Waals surface area (Å²) in [6.07, 6.45) is 0. The molecule has 0 saturated heterocycles. The third kappa shape index (κ3) is 8.24. The molecule has 0 aliphatic rings. The first-order valence-electron chi connectivity index (χ1n) is 5.71.